The van der Waals surface area contributed by atoms with Gasteiger partial charge in [-0.05, 0) is 55.2 Å². The fourth-order valence-electron chi connectivity index (χ4n) is 3.18. The number of phenols is 2. The fourth-order valence-corrected chi connectivity index (χ4v) is 3.18. The maximum absolute atomic E-state index is 13.0. The van der Waals surface area contributed by atoms with Crippen molar-refractivity contribution in [2.75, 3.05) is 0 Å². The Morgan fingerprint density at radius 3 is 2.29 bits per heavy atom. The van der Waals surface area contributed by atoms with E-state index in [-0.39, 0.29) is 22.3 Å². The van der Waals surface area contributed by atoms with Gasteiger partial charge >= 0.3 is 0 Å². The zero-order chi connectivity index (χ0) is 22.9. The van der Waals surface area contributed by atoms with Gasteiger partial charge in [0.1, 0.15) is 0 Å². The van der Waals surface area contributed by atoms with Crippen LogP contribution < -0.4 is 11.0 Å². The third-order valence-corrected chi connectivity index (χ3v) is 4.99. The van der Waals surface area contributed by atoms with Crippen LogP contribution in [0.25, 0.3) is 5.69 Å². The van der Waals surface area contributed by atoms with E-state index < -0.39 is 11.7 Å². The summed E-state index contributed by atoms with van der Waals surface area (Å²) in [7, 11) is 0. The van der Waals surface area contributed by atoms with E-state index in [9.17, 15) is 19.8 Å². The number of hydrazone groups is 1. The first-order chi connectivity index (χ1) is 14.5. The Hall–Kier alpha value is -3.81. The molecule has 0 radical (unpaired) electrons. The molecule has 0 atom stereocenters. The Morgan fingerprint density at radius 1 is 1.06 bits per heavy atom. The molecular weight excluding hydrogens is 396 g/mol. The summed E-state index contributed by atoms with van der Waals surface area (Å²) in [6.07, 6.45) is 0. The van der Waals surface area contributed by atoms with Crippen molar-refractivity contribution in [2.45, 2.75) is 40.0 Å². The first-order valence-corrected chi connectivity index (χ1v) is 9.78. The highest BCUT2D eigenvalue weighted by Gasteiger charge is 2.17. The highest BCUT2D eigenvalue weighted by atomic mass is 16.3. The number of carbonyl (C=O) groups is 1. The van der Waals surface area contributed by atoms with Crippen LogP contribution in [0.1, 0.15) is 54.9 Å². The SMILES string of the molecule is C/C(=N\NC(=O)c1ccc(O)c(O)c1)c1c(C)[nH]n(-c2ccc(C(C)(C)C)cc2)c1=O. The van der Waals surface area contributed by atoms with Gasteiger partial charge in [0.25, 0.3) is 11.5 Å². The van der Waals surface area contributed by atoms with Crippen LogP contribution in [-0.2, 0) is 5.41 Å². The number of nitrogens with zero attached hydrogens (tertiary/aromatic N) is 2. The first kappa shape index (κ1) is 21.9. The summed E-state index contributed by atoms with van der Waals surface area (Å²) >= 11 is 0. The molecule has 0 unspecified atom stereocenters. The predicted octanol–water partition coefficient (Wildman–Crippen LogP) is 3.34. The standard InChI is InChI=1S/C23H26N4O4/c1-13(24-25-21(30)15-6-11-18(28)19(29)12-15)20-14(2)26-27(22(20)31)17-9-7-16(8-10-17)23(3,4)5/h6-12,26,28-29H,1-5H3,(H,25,30)/b24-13+. The molecule has 4 N–H and O–H groups in total. The molecule has 1 heterocycles. The second-order valence-corrected chi connectivity index (χ2v) is 8.39. The highest BCUT2D eigenvalue weighted by Crippen LogP contribution is 2.25. The summed E-state index contributed by atoms with van der Waals surface area (Å²) in [5.74, 6) is -1.31. The number of aromatic nitrogens is 2. The Kier molecular flexibility index (Phi) is 5.75. The number of hydrogen-bond donors (Lipinski definition) is 4. The average Bonchev–Trinajstić information content (AvgIpc) is 3.01. The first-order valence-electron chi connectivity index (χ1n) is 9.78. The van der Waals surface area contributed by atoms with Gasteiger partial charge in [0.15, 0.2) is 11.5 Å². The molecule has 0 aliphatic carbocycles. The quantitative estimate of drug-likeness (QED) is 0.293. The van der Waals surface area contributed by atoms with Gasteiger partial charge in [-0.2, -0.15) is 5.10 Å². The Bertz CT molecular complexity index is 1210. The average molecular weight is 422 g/mol. The third kappa shape index (κ3) is 4.53. The lowest BCUT2D eigenvalue weighted by atomic mass is 9.87. The van der Waals surface area contributed by atoms with Crippen LogP contribution in [0.15, 0.2) is 52.4 Å². The Morgan fingerprint density at radius 2 is 1.71 bits per heavy atom. The van der Waals surface area contributed by atoms with E-state index in [4.69, 9.17) is 0 Å². The van der Waals surface area contributed by atoms with E-state index in [0.29, 0.717) is 22.7 Å². The van der Waals surface area contributed by atoms with Gasteiger partial charge in [-0.15, -0.1) is 0 Å². The molecule has 0 aliphatic heterocycles. The smallest absolute Gasteiger partial charge is 0.280 e. The van der Waals surface area contributed by atoms with Crippen LogP contribution in [0.2, 0.25) is 0 Å². The maximum atomic E-state index is 13.0. The Balaban J connectivity index is 1.86. The summed E-state index contributed by atoms with van der Waals surface area (Å²) in [5, 5.41) is 26.0. The number of aryl methyl sites for hydroxylation is 1. The zero-order valence-corrected chi connectivity index (χ0v) is 18.1. The summed E-state index contributed by atoms with van der Waals surface area (Å²) in [4.78, 5) is 25.2. The third-order valence-electron chi connectivity index (χ3n) is 4.99. The van der Waals surface area contributed by atoms with Crippen molar-refractivity contribution in [1.82, 2.24) is 15.2 Å². The molecule has 0 saturated carbocycles. The minimum Gasteiger partial charge on any atom is -0.504 e. The van der Waals surface area contributed by atoms with E-state index in [1.165, 1.54) is 16.8 Å². The van der Waals surface area contributed by atoms with Gasteiger partial charge in [-0.1, -0.05) is 32.9 Å². The molecule has 0 saturated heterocycles. The molecule has 3 rings (SSSR count). The lowest BCUT2D eigenvalue weighted by Crippen LogP contribution is -2.23. The van der Waals surface area contributed by atoms with Gasteiger partial charge in [-0.3, -0.25) is 14.7 Å². The number of carbonyl (C=O) groups excluding carboxylic acids is 1. The molecule has 8 heteroatoms. The van der Waals surface area contributed by atoms with Crippen molar-refractivity contribution in [1.29, 1.82) is 0 Å². The fraction of sp³-hybridized carbons (Fsp3) is 0.261. The van der Waals surface area contributed by atoms with E-state index in [0.717, 1.165) is 11.6 Å². The van der Waals surface area contributed by atoms with E-state index in [1.54, 1.807) is 13.8 Å². The number of rotatable bonds is 4. The van der Waals surface area contributed by atoms with Crippen molar-refractivity contribution in [3.05, 3.63) is 75.2 Å². The highest BCUT2D eigenvalue weighted by molar-refractivity contribution is 6.01. The molecule has 0 aliphatic rings. The summed E-state index contributed by atoms with van der Waals surface area (Å²) < 4.78 is 1.44. The topological polar surface area (TPSA) is 120 Å². The number of H-pyrrole nitrogens is 1. The summed E-state index contributed by atoms with van der Waals surface area (Å²) in [6, 6.07) is 11.4. The molecule has 3 aromatic rings. The van der Waals surface area contributed by atoms with Crippen LogP contribution >= 0.6 is 0 Å². The van der Waals surface area contributed by atoms with Crippen molar-refractivity contribution < 1.29 is 15.0 Å². The van der Waals surface area contributed by atoms with E-state index in [2.05, 4.69) is 36.4 Å². The van der Waals surface area contributed by atoms with Gasteiger partial charge in [0.2, 0.25) is 0 Å². The minimum atomic E-state index is -0.582. The summed E-state index contributed by atoms with van der Waals surface area (Å²) in [5.41, 5.74) is 5.38. The van der Waals surface area contributed by atoms with Gasteiger partial charge in [-0.25, -0.2) is 10.1 Å². The maximum Gasteiger partial charge on any atom is 0.280 e. The minimum absolute atomic E-state index is 0.00997. The molecule has 0 fully saturated rings. The number of phenolic OH excluding ortho intramolecular Hbond substituents is 2. The molecule has 1 aromatic heterocycles. The number of benzene rings is 2. The molecule has 162 valence electrons. The van der Waals surface area contributed by atoms with Crippen molar-refractivity contribution in [3.8, 4) is 17.2 Å². The second-order valence-electron chi connectivity index (χ2n) is 8.39. The molecule has 2 aromatic carbocycles. The number of nitrogens with one attached hydrogen (secondary N) is 2. The largest absolute Gasteiger partial charge is 0.504 e. The van der Waals surface area contributed by atoms with Gasteiger partial charge in [0, 0.05) is 11.3 Å². The zero-order valence-electron chi connectivity index (χ0n) is 18.1. The molecule has 1 amide bonds. The van der Waals surface area contributed by atoms with E-state index >= 15 is 0 Å². The van der Waals surface area contributed by atoms with Crippen molar-refractivity contribution >= 4 is 11.6 Å². The molecule has 0 spiro atoms. The molecule has 31 heavy (non-hydrogen) atoms. The molecule has 0 bridgehead atoms. The van der Waals surface area contributed by atoms with Crippen molar-refractivity contribution in [2.24, 2.45) is 5.10 Å². The van der Waals surface area contributed by atoms with Gasteiger partial charge in [0.05, 0.1) is 17.0 Å². The molecule has 8 nitrogen and oxygen atoms in total. The number of aromatic hydroxyl groups is 2. The van der Waals surface area contributed by atoms with Gasteiger partial charge < -0.3 is 10.2 Å². The van der Waals surface area contributed by atoms with Crippen molar-refractivity contribution in [3.63, 3.8) is 0 Å². The van der Waals surface area contributed by atoms with Crippen LogP contribution in [-0.4, -0.2) is 31.6 Å². The predicted molar refractivity (Wildman–Crippen MR) is 119 cm³/mol. The van der Waals surface area contributed by atoms with Crippen LogP contribution in [0.3, 0.4) is 0 Å². The van der Waals surface area contributed by atoms with E-state index in [1.807, 2.05) is 24.3 Å². The number of aromatic amines is 1. The monoisotopic (exact) mass is 422 g/mol. The number of amides is 1. The number of hydrogen-bond acceptors (Lipinski definition) is 5. The lowest BCUT2D eigenvalue weighted by molar-refractivity contribution is 0.0954. The summed E-state index contributed by atoms with van der Waals surface area (Å²) in [6.45, 7) is 9.75. The lowest BCUT2D eigenvalue weighted by Gasteiger charge is -2.19. The van der Waals surface area contributed by atoms with Crippen LogP contribution in [0.4, 0.5) is 0 Å². The molecular formula is C23H26N4O4. The van der Waals surface area contributed by atoms with Crippen LogP contribution in [0, 0.1) is 6.92 Å². The van der Waals surface area contributed by atoms with Crippen LogP contribution in [0.5, 0.6) is 11.5 Å². The normalized spacial score (nSPS) is 12.1. The second kappa shape index (κ2) is 8.14. The Labute approximate surface area is 179 Å².